The molecule has 0 N–H and O–H groups in total. The van der Waals surface area contributed by atoms with Crippen molar-refractivity contribution in [2.75, 3.05) is 4.43 Å². The van der Waals surface area contributed by atoms with Gasteiger partial charge < -0.3 is 0 Å². The number of rotatable bonds is 6. The van der Waals surface area contributed by atoms with Crippen LogP contribution >= 0.6 is 22.6 Å². The van der Waals surface area contributed by atoms with Gasteiger partial charge in [0.2, 0.25) is 0 Å². The van der Waals surface area contributed by atoms with E-state index in [0.717, 1.165) is 21.1 Å². The molecule has 0 atom stereocenters. The average molecular weight is 748 g/mol. The van der Waals surface area contributed by atoms with Gasteiger partial charge in [-0.1, -0.05) is 166 Å². The van der Waals surface area contributed by atoms with E-state index in [1.807, 2.05) is 6.92 Å². The Morgan fingerprint density at radius 2 is 0.980 bits per heavy atom. The predicted molar refractivity (Wildman–Crippen MR) is 213 cm³/mol. The molecule has 1 aromatic heterocycles. The summed E-state index contributed by atoms with van der Waals surface area (Å²) < 4.78 is 0.929. The minimum atomic E-state index is -0.117. The van der Waals surface area contributed by atoms with Crippen LogP contribution in [-0.2, 0) is 10.8 Å². The van der Waals surface area contributed by atoms with Crippen molar-refractivity contribution >= 4 is 28.2 Å². The first-order chi connectivity index (χ1) is 23.7. The molecule has 0 saturated carbocycles. The number of alkyl halides is 1. The van der Waals surface area contributed by atoms with E-state index in [4.69, 9.17) is 15.0 Å². The van der Waals surface area contributed by atoms with Gasteiger partial charge in [0.15, 0.2) is 17.5 Å². The first kappa shape index (κ1) is 31.6. The number of aromatic nitrogens is 3. The Kier molecular flexibility index (Phi) is 7.75. The van der Waals surface area contributed by atoms with E-state index >= 15 is 0 Å². The van der Waals surface area contributed by atoms with E-state index in [2.05, 4.69) is 178 Å². The summed E-state index contributed by atoms with van der Waals surface area (Å²) in [6.07, 6.45) is 6.34. The topological polar surface area (TPSA) is 38.7 Å². The third-order valence-corrected chi connectivity index (χ3v) is 11.3. The van der Waals surface area contributed by atoms with E-state index in [0.29, 0.717) is 17.5 Å². The fourth-order valence-corrected chi connectivity index (χ4v) is 8.41. The fraction of sp³-hybridized carbons (Fsp3) is 0.178. The Hall–Kier alpha value is -4.68. The number of halogens is 1. The molecule has 2 aliphatic rings. The van der Waals surface area contributed by atoms with Crippen LogP contribution in [0.15, 0.2) is 127 Å². The summed E-state index contributed by atoms with van der Waals surface area (Å²) in [5.74, 6) is 2.04. The molecule has 5 aromatic carbocycles. The van der Waals surface area contributed by atoms with Crippen LogP contribution in [0.1, 0.15) is 62.4 Å². The van der Waals surface area contributed by atoms with Crippen molar-refractivity contribution in [2.45, 2.75) is 45.4 Å². The Labute approximate surface area is 303 Å². The summed E-state index contributed by atoms with van der Waals surface area (Å²) in [6, 6.07) is 39.6. The van der Waals surface area contributed by atoms with E-state index in [1.165, 1.54) is 55.6 Å². The molecule has 2 aliphatic carbocycles. The van der Waals surface area contributed by atoms with Crippen molar-refractivity contribution < 1.29 is 0 Å². The maximum atomic E-state index is 5.20. The molecule has 0 spiro atoms. The molecular formula is C45H38IN3. The molecule has 49 heavy (non-hydrogen) atoms. The fourth-order valence-electron chi connectivity index (χ4n) is 7.71. The summed E-state index contributed by atoms with van der Waals surface area (Å²) in [6.45, 7) is 11.3. The van der Waals surface area contributed by atoms with Crippen molar-refractivity contribution in [1.29, 1.82) is 0 Å². The van der Waals surface area contributed by atoms with Crippen LogP contribution in [-0.4, -0.2) is 19.4 Å². The van der Waals surface area contributed by atoms with Gasteiger partial charge in [-0.25, -0.2) is 15.0 Å². The molecule has 0 unspecified atom stereocenters. The van der Waals surface area contributed by atoms with Gasteiger partial charge in [-0.2, -0.15) is 0 Å². The Morgan fingerprint density at radius 1 is 0.551 bits per heavy atom. The van der Waals surface area contributed by atoms with Crippen molar-refractivity contribution in [3.8, 4) is 56.4 Å². The first-order valence-electron chi connectivity index (χ1n) is 16.9. The van der Waals surface area contributed by atoms with Crippen LogP contribution in [0.4, 0.5) is 0 Å². The van der Waals surface area contributed by atoms with Crippen LogP contribution in [0, 0.1) is 0 Å². The van der Waals surface area contributed by atoms with Crippen LogP contribution in [0.5, 0.6) is 0 Å². The first-order valence-corrected chi connectivity index (χ1v) is 18.5. The normalized spacial score (nSPS) is 15.2. The van der Waals surface area contributed by atoms with Gasteiger partial charge in [-0.3, -0.25) is 0 Å². The minimum Gasteiger partial charge on any atom is -0.208 e. The number of nitrogens with zero attached hydrogens (tertiary/aromatic N) is 3. The lowest BCUT2D eigenvalue weighted by atomic mass is 9.82. The highest BCUT2D eigenvalue weighted by Crippen LogP contribution is 2.51. The smallest absolute Gasteiger partial charge is 0.164 e. The molecule has 0 aliphatic heterocycles. The molecule has 0 radical (unpaired) electrons. The quantitative estimate of drug-likeness (QED) is 0.0967. The third kappa shape index (κ3) is 5.19. The van der Waals surface area contributed by atoms with E-state index in [-0.39, 0.29) is 10.8 Å². The van der Waals surface area contributed by atoms with Crippen LogP contribution in [0.25, 0.3) is 62.0 Å². The van der Waals surface area contributed by atoms with Gasteiger partial charge in [0.25, 0.3) is 0 Å². The molecule has 1 heterocycles. The highest BCUT2D eigenvalue weighted by molar-refractivity contribution is 14.1. The van der Waals surface area contributed by atoms with Crippen molar-refractivity contribution in [3.05, 3.63) is 155 Å². The molecule has 240 valence electrons. The zero-order valence-electron chi connectivity index (χ0n) is 28.6. The van der Waals surface area contributed by atoms with Gasteiger partial charge in [-0.15, -0.1) is 0 Å². The van der Waals surface area contributed by atoms with Crippen LogP contribution in [0.3, 0.4) is 0 Å². The molecule has 0 fully saturated rings. The maximum Gasteiger partial charge on any atom is 0.164 e. The van der Waals surface area contributed by atoms with Crippen molar-refractivity contribution in [3.63, 3.8) is 0 Å². The number of allylic oxidation sites excluding steroid dienone is 4. The summed E-state index contributed by atoms with van der Waals surface area (Å²) >= 11 is 2.43. The van der Waals surface area contributed by atoms with E-state index < -0.39 is 0 Å². The van der Waals surface area contributed by atoms with Gasteiger partial charge >= 0.3 is 0 Å². The SMILES string of the molecule is C/C=C\C=C(/CI)c1ccc(-c2nc(-c3ccc4c(c3)C(C)(C)c3ccccc3-4)nc(-c3ccc4c(c3)C(C)(C)c3ccccc3-4)n2)cc1. The minimum absolute atomic E-state index is 0.117. The maximum absolute atomic E-state index is 5.20. The molecular weight excluding hydrogens is 709 g/mol. The van der Waals surface area contributed by atoms with Gasteiger partial charge in [0.1, 0.15) is 0 Å². The molecule has 0 bridgehead atoms. The zero-order valence-corrected chi connectivity index (χ0v) is 30.7. The third-order valence-electron chi connectivity index (χ3n) is 10.5. The molecule has 3 nitrogen and oxygen atoms in total. The van der Waals surface area contributed by atoms with Crippen LogP contribution in [0.2, 0.25) is 0 Å². The number of hydrogen-bond acceptors (Lipinski definition) is 3. The van der Waals surface area contributed by atoms with E-state index in [1.54, 1.807) is 0 Å². The molecule has 4 heteroatoms. The second-order valence-corrected chi connectivity index (χ2v) is 14.9. The molecule has 0 amide bonds. The lowest BCUT2D eigenvalue weighted by molar-refractivity contribution is 0.660. The highest BCUT2D eigenvalue weighted by atomic mass is 127. The summed E-state index contributed by atoms with van der Waals surface area (Å²) in [5.41, 5.74) is 15.7. The van der Waals surface area contributed by atoms with Crippen LogP contribution < -0.4 is 0 Å². The number of hydrogen-bond donors (Lipinski definition) is 0. The Balaban J connectivity index is 1.28. The summed E-state index contributed by atoms with van der Waals surface area (Å²) in [7, 11) is 0. The predicted octanol–water partition coefficient (Wildman–Crippen LogP) is 11.9. The van der Waals surface area contributed by atoms with Crippen molar-refractivity contribution in [2.24, 2.45) is 0 Å². The monoisotopic (exact) mass is 747 g/mol. The zero-order chi connectivity index (χ0) is 33.9. The summed E-state index contributed by atoms with van der Waals surface area (Å²) in [4.78, 5) is 15.5. The second-order valence-electron chi connectivity index (χ2n) is 14.1. The molecule has 8 rings (SSSR count). The molecule has 6 aromatic rings. The lowest BCUT2D eigenvalue weighted by Gasteiger charge is -2.22. The highest BCUT2D eigenvalue weighted by Gasteiger charge is 2.37. The van der Waals surface area contributed by atoms with Gasteiger partial charge in [-0.05, 0) is 74.7 Å². The largest absolute Gasteiger partial charge is 0.208 e. The van der Waals surface area contributed by atoms with Crippen molar-refractivity contribution in [1.82, 2.24) is 15.0 Å². The van der Waals surface area contributed by atoms with Gasteiger partial charge in [0, 0.05) is 31.9 Å². The lowest BCUT2D eigenvalue weighted by Crippen LogP contribution is -2.15. The summed E-state index contributed by atoms with van der Waals surface area (Å²) in [5, 5.41) is 0. The Morgan fingerprint density at radius 3 is 1.45 bits per heavy atom. The standard InChI is InChI=1S/C45H38IN3/c1-6-7-12-32(27-46)28-17-19-29(20-18-28)41-47-42(30-21-23-35-33-13-8-10-15-37(33)44(2,3)39(35)25-30)49-43(48-41)31-22-24-36-34-14-9-11-16-38(34)45(4,5)40(36)26-31/h6-26H,27H2,1-5H3/b7-6-,32-12+. The molecule has 0 saturated heterocycles. The second kappa shape index (κ2) is 12.0. The Bertz CT molecular complexity index is 2200. The number of fused-ring (bicyclic) bond motifs is 6. The van der Waals surface area contributed by atoms with Gasteiger partial charge in [0.05, 0.1) is 0 Å². The number of benzene rings is 5. The average Bonchev–Trinajstić information content (AvgIpc) is 3.51. The van der Waals surface area contributed by atoms with E-state index in [9.17, 15) is 0 Å².